The number of nitrogens with zero attached hydrogens (tertiary/aromatic N) is 2. The van der Waals surface area contributed by atoms with Crippen LogP contribution in [0.15, 0.2) is 24.8 Å². The van der Waals surface area contributed by atoms with Crippen molar-refractivity contribution in [3.05, 3.63) is 40.4 Å². The maximum absolute atomic E-state index is 9.92. The molecule has 2 aromatic rings. The van der Waals surface area contributed by atoms with Gasteiger partial charge in [-0.1, -0.05) is 11.3 Å². The maximum Gasteiger partial charge on any atom is 0.289 e. The van der Waals surface area contributed by atoms with E-state index in [9.17, 15) is 5.11 Å². The Morgan fingerprint density at radius 2 is 1.87 bits per heavy atom. The van der Waals surface area contributed by atoms with Gasteiger partial charge in [-0.2, -0.15) is 0 Å². The predicted molar refractivity (Wildman–Crippen MR) is 87.4 cm³/mol. The molecular formula is C16H19BrN2O3S. The molecule has 0 aliphatic carbocycles. The molecule has 0 amide bonds. The first kappa shape index (κ1) is 19.2. The first-order chi connectivity index (χ1) is 10.6. The molecule has 0 atom stereocenters. The van der Waals surface area contributed by atoms with Gasteiger partial charge in [-0.25, -0.2) is 0 Å². The number of benzene rings is 1. The Morgan fingerprint density at radius 1 is 1.26 bits per heavy atom. The molecule has 23 heavy (non-hydrogen) atoms. The zero-order valence-electron chi connectivity index (χ0n) is 13.2. The van der Waals surface area contributed by atoms with Gasteiger partial charge in [0.1, 0.15) is 0 Å². The number of hydrogen-bond acceptors (Lipinski definition) is 5. The summed E-state index contributed by atoms with van der Waals surface area (Å²) in [6.45, 7) is 6.36. The van der Waals surface area contributed by atoms with Gasteiger partial charge in [0.2, 0.25) is 5.75 Å². The van der Waals surface area contributed by atoms with Gasteiger partial charge in [0.25, 0.3) is 5.01 Å². The lowest BCUT2D eigenvalue weighted by atomic mass is 10.1. The van der Waals surface area contributed by atoms with E-state index >= 15 is 0 Å². The van der Waals surface area contributed by atoms with Gasteiger partial charge in [0, 0.05) is 11.2 Å². The molecule has 0 aliphatic heterocycles. The number of rotatable bonds is 6. The number of halogens is 1. The number of methoxy groups -OCH3 is 2. The first-order valence-corrected chi connectivity index (χ1v) is 7.52. The monoisotopic (exact) mass is 398 g/mol. The third kappa shape index (κ3) is 4.56. The Kier molecular flexibility index (Phi) is 7.25. The highest BCUT2D eigenvalue weighted by atomic mass is 79.9. The third-order valence-corrected chi connectivity index (χ3v) is 3.92. The van der Waals surface area contributed by atoms with E-state index < -0.39 is 0 Å². The SMILES string of the molecule is C=CC[n+]1nc(C)sc1/C=C/c1cc(OC)c(O)c(OC)c1.[Br-]. The van der Waals surface area contributed by atoms with Crippen molar-refractivity contribution in [1.29, 1.82) is 0 Å². The third-order valence-electron chi connectivity index (χ3n) is 2.99. The van der Waals surface area contributed by atoms with Gasteiger partial charge < -0.3 is 31.6 Å². The summed E-state index contributed by atoms with van der Waals surface area (Å²) >= 11 is 1.60. The number of hydrogen-bond donors (Lipinski definition) is 1. The van der Waals surface area contributed by atoms with Crippen LogP contribution in [0.1, 0.15) is 15.6 Å². The summed E-state index contributed by atoms with van der Waals surface area (Å²) in [5.41, 5.74) is 0.864. The minimum atomic E-state index is -0.00231. The Hall–Kier alpha value is -1.86. The fourth-order valence-corrected chi connectivity index (χ4v) is 2.79. The molecule has 7 heteroatoms. The second-order valence-electron chi connectivity index (χ2n) is 4.54. The van der Waals surface area contributed by atoms with E-state index in [1.165, 1.54) is 14.2 Å². The Morgan fingerprint density at radius 3 is 2.39 bits per heavy atom. The predicted octanol–water partition coefficient (Wildman–Crippen LogP) is -0.178. The molecule has 1 heterocycles. The number of phenols is 1. The van der Waals surface area contributed by atoms with Gasteiger partial charge in [-0.15, -0.1) is 0 Å². The minimum Gasteiger partial charge on any atom is -1.00 e. The van der Waals surface area contributed by atoms with Crippen molar-refractivity contribution in [1.82, 2.24) is 5.10 Å². The van der Waals surface area contributed by atoms with Gasteiger partial charge in [-0.3, -0.25) is 0 Å². The molecule has 0 bridgehead atoms. The molecular weight excluding hydrogens is 380 g/mol. The summed E-state index contributed by atoms with van der Waals surface area (Å²) in [7, 11) is 3.01. The summed E-state index contributed by atoms with van der Waals surface area (Å²) in [4.78, 5) is 0. The topological polar surface area (TPSA) is 55.5 Å². The van der Waals surface area contributed by atoms with E-state index in [4.69, 9.17) is 9.47 Å². The van der Waals surface area contributed by atoms with Crippen molar-refractivity contribution in [2.45, 2.75) is 13.5 Å². The van der Waals surface area contributed by atoms with Crippen LogP contribution in [0.25, 0.3) is 12.2 Å². The molecule has 0 fully saturated rings. The van der Waals surface area contributed by atoms with Crippen LogP contribution in [0, 0.1) is 6.92 Å². The lowest BCUT2D eigenvalue weighted by Gasteiger charge is -2.09. The molecule has 1 aromatic carbocycles. The Bertz CT molecular complexity index is 688. The van der Waals surface area contributed by atoms with Crippen molar-refractivity contribution in [3.8, 4) is 17.2 Å². The van der Waals surface area contributed by atoms with Crippen LogP contribution in [0.2, 0.25) is 0 Å². The molecule has 0 aliphatic rings. The fraction of sp³-hybridized carbons (Fsp3) is 0.250. The standard InChI is InChI=1S/C16H18N2O3S.BrH/c1-5-8-18-15(22-11(2)17-18)7-6-12-9-13(20-3)16(19)14(10-12)21-4;/h5-7,9-10H,1,8H2,2-4H3;1H. The fourth-order valence-electron chi connectivity index (χ4n) is 1.99. The number of aromatic hydroxyl groups is 1. The van der Waals surface area contributed by atoms with Crippen molar-refractivity contribution in [2.24, 2.45) is 0 Å². The van der Waals surface area contributed by atoms with Crippen LogP contribution in [0.4, 0.5) is 0 Å². The van der Waals surface area contributed by atoms with Crippen LogP contribution >= 0.6 is 11.3 Å². The summed E-state index contributed by atoms with van der Waals surface area (Å²) < 4.78 is 12.2. The normalized spacial score (nSPS) is 10.4. The maximum atomic E-state index is 9.92. The second-order valence-corrected chi connectivity index (χ2v) is 5.75. The number of allylic oxidation sites excluding steroid dienone is 1. The number of phenolic OH excluding ortho intramolecular Hbond substituents is 1. The molecule has 5 nitrogen and oxygen atoms in total. The summed E-state index contributed by atoms with van der Waals surface area (Å²) in [5, 5.41) is 16.3. The molecule has 124 valence electrons. The molecule has 0 radical (unpaired) electrons. The van der Waals surface area contributed by atoms with Crippen LogP contribution in [0.3, 0.4) is 0 Å². The van der Waals surface area contributed by atoms with Crippen molar-refractivity contribution in [3.63, 3.8) is 0 Å². The van der Waals surface area contributed by atoms with Crippen LogP contribution in [0.5, 0.6) is 17.2 Å². The van der Waals surface area contributed by atoms with E-state index in [-0.39, 0.29) is 22.7 Å². The highest BCUT2D eigenvalue weighted by Crippen LogP contribution is 2.37. The Balaban J connectivity index is 0.00000264. The quantitative estimate of drug-likeness (QED) is 0.541. The minimum absolute atomic E-state index is 0. The summed E-state index contributed by atoms with van der Waals surface area (Å²) in [6.07, 6.45) is 5.71. The largest absolute Gasteiger partial charge is 1.00 e. The van der Waals surface area contributed by atoms with Gasteiger partial charge in [0.05, 0.1) is 14.2 Å². The van der Waals surface area contributed by atoms with Crippen LogP contribution in [-0.2, 0) is 6.54 Å². The van der Waals surface area contributed by atoms with Crippen LogP contribution < -0.4 is 31.1 Å². The molecule has 0 saturated carbocycles. The van der Waals surface area contributed by atoms with Gasteiger partial charge in [-0.05, 0) is 48.1 Å². The van der Waals surface area contributed by atoms with E-state index in [0.717, 1.165) is 15.6 Å². The lowest BCUT2D eigenvalue weighted by molar-refractivity contribution is -0.741. The van der Waals surface area contributed by atoms with Crippen molar-refractivity contribution in [2.75, 3.05) is 14.2 Å². The number of ether oxygens (including phenoxy) is 2. The lowest BCUT2D eigenvalue weighted by Crippen LogP contribution is -3.00. The zero-order valence-corrected chi connectivity index (χ0v) is 15.6. The average Bonchev–Trinajstić information content (AvgIpc) is 2.86. The van der Waals surface area contributed by atoms with Gasteiger partial charge >= 0.3 is 0 Å². The molecule has 1 aromatic heterocycles. The van der Waals surface area contributed by atoms with E-state index in [1.54, 1.807) is 23.5 Å². The highest BCUT2D eigenvalue weighted by molar-refractivity contribution is 7.11. The molecule has 0 saturated heterocycles. The molecule has 2 rings (SSSR count). The Labute approximate surface area is 150 Å². The van der Waals surface area contributed by atoms with E-state index in [0.29, 0.717) is 18.0 Å². The van der Waals surface area contributed by atoms with E-state index in [2.05, 4.69) is 11.7 Å². The summed E-state index contributed by atoms with van der Waals surface area (Å²) in [5.74, 6) is 0.745. The molecule has 0 unspecified atom stereocenters. The number of aryl methyl sites for hydroxylation is 1. The average molecular weight is 399 g/mol. The number of aromatic nitrogens is 2. The van der Waals surface area contributed by atoms with Gasteiger partial charge in [0.15, 0.2) is 23.1 Å². The summed E-state index contributed by atoms with van der Waals surface area (Å²) in [6, 6.07) is 3.50. The smallest absolute Gasteiger partial charge is 0.289 e. The van der Waals surface area contributed by atoms with Crippen molar-refractivity contribution >= 4 is 23.5 Å². The first-order valence-electron chi connectivity index (χ1n) is 6.70. The van der Waals surface area contributed by atoms with Crippen LogP contribution in [-0.4, -0.2) is 24.4 Å². The van der Waals surface area contributed by atoms with Crippen molar-refractivity contribution < 1.29 is 36.2 Å². The molecule has 1 N–H and O–H groups in total. The molecule has 0 spiro atoms. The highest BCUT2D eigenvalue weighted by Gasteiger charge is 2.14. The second kappa shape index (κ2) is 8.69. The zero-order chi connectivity index (χ0) is 16.1. The van der Waals surface area contributed by atoms with E-state index in [1.807, 2.05) is 29.8 Å².